The summed E-state index contributed by atoms with van der Waals surface area (Å²) in [6, 6.07) is 0. The Morgan fingerprint density at radius 1 is 0.909 bits per heavy atom. The third kappa shape index (κ3) is 3.88. The van der Waals surface area contributed by atoms with Crippen LogP contribution in [0.15, 0.2) is 33.3 Å². The highest BCUT2D eigenvalue weighted by atomic mass is 16.6. The summed E-state index contributed by atoms with van der Waals surface area (Å²) in [7, 11) is 0. The maximum atomic E-state index is 8.89. The van der Waals surface area contributed by atoms with Crippen LogP contribution in [0.2, 0.25) is 0 Å². The molecule has 6 nitrogen and oxygen atoms in total. The van der Waals surface area contributed by atoms with E-state index in [0.717, 1.165) is 50.0 Å². The minimum Gasteiger partial charge on any atom is -0.373 e. The number of nitrogens with zero attached hydrogens (tertiary/aromatic N) is 4. The normalized spacial score (nSPS) is 29.5. The fourth-order valence-corrected chi connectivity index (χ4v) is 2.48. The van der Waals surface area contributed by atoms with Crippen molar-refractivity contribution in [1.29, 1.82) is 10.5 Å². The van der Waals surface area contributed by atoms with Gasteiger partial charge >= 0.3 is 0 Å². The minimum atomic E-state index is 0.318. The molecule has 6 heteroatoms. The van der Waals surface area contributed by atoms with E-state index >= 15 is 0 Å². The van der Waals surface area contributed by atoms with Gasteiger partial charge in [0.25, 0.3) is 0 Å². The van der Waals surface area contributed by atoms with Gasteiger partial charge in [-0.25, -0.2) is 0 Å². The van der Waals surface area contributed by atoms with Gasteiger partial charge in [-0.15, -0.1) is 0 Å². The smallest absolute Gasteiger partial charge is 0.206 e. The zero-order valence-electron chi connectivity index (χ0n) is 12.2. The highest BCUT2D eigenvalue weighted by Gasteiger charge is 2.26. The van der Waals surface area contributed by atoms with Gasteiger partial charge in [0.05, 0.1) is 36.8 Å². The molecule has 2 heterocycles. The molecule has 1 aliphatic carbocycles. The third-order valence-electron chi connectivity index (χ3n) is 3.90. The van der Waals surface area contributed by atoms with Crippen LogP contribution in [-0.4, -0.2) is 36.8 Å². The van der Waals surface area contributed by atoms with Crippen molar-refractivity contribution in [3.63, 3.8) is 0 Å². The van der Waals surface area contributed by atoms with Crippen LogP contribution >= 0.6 is 0 Å². The van der Waals surface area contributed by atoms with Crippen molar-refractivity contribution in [3.8, 4) is 12.4 Å². The topological polar surface area (TPSA) is 97.4 Å². The molecule has 3 rings (SSSR count). The second-order valence-electron chi connectivity index (χ2n) is 5.52. The van der Waals surface area contributed by atoms with Gasteiger partial charge in [-0.2, -0.15) is 20.5 Å². The predicted molar refractivity (Wildman–Crippen MR) is 80.2 cm³/mol. The zero-order chi connectivity index (χ0) is 15.4. The number of nitriles is 2. The van der Waals surface area contributed by atoms with Gasteiger partial charge in [0.1, 0.15) is 0 Å². The van der Waals surface area contributed by atoms with E-state index in [4.69, 9.17) is 20.0 Å². The second-order valence-corrected chi connectivity index (χ2v) is 5.52. The van der Waals surface area contributed by atoms with E-state index < -0.39 is 0 Å². The molecule has 2 fully saturated rings. The Kier molecular flexibility index (Phi) is 4.43. The van der Waals surface area contributed by atoms with Crippen molar-refractivity contribution in [2.24, 2.45) is 9.98 Å². The van der Waals surface area contributed by atoms with Crippen molar-refractivity contribution >= 4 is 11.4 Å². The van der Waals surface area contributed by atoms with Gasteiger partial charge in [-0.05, 0) is 49.0 Å². The molecule has 2 atom stereocenters. The van der Waals surface area contributed by atoms with E-state index in [1.807, 2.05) is 24.5 Å². The first-order valence-electron chi connectivity index (χ1n) is 7.39. The van der Waals surface area contributed by atoms with E-state index in [2.05, 4.69) is 9.98 Å². The molecule has 112 valence electrons. The molecule has 0 aromatic rings. The number of epoxide rings is 2. The van der Waals surface area contributed by atoms with Crippen LogP contribution in [0.5, 0.6) is 0 Å². The molecule has 2 saturated heterocycles. The van der Waals surface area contributed by atoms with Gasteiger partial charge in [-0.3, -0.25) is 0 Å². The number of allylic oxidation sites excluding steroid dienone is 4. The van der Waals surface area contributed by atoms with E-state index in [-0.39, 0.29) is 0 Å². The molecule has 2 unspecified atom stereocenters. The highest BCUT2D eigenvalue weighted by molar-refractivity contribution is 6.24. The SMILES string of the molecule is N#C/N=C1C=C(CCC2CO2)/C(=N\C#N)C=C/1CCC1CO1. The fraction of sp³-hybridized carbons (Fsp3) is 0.500. The highest BCUT2D eigenvalue weighted by Crippen LogP contribution is 2.26. The van der Waals surface area contributed by atoms with Crippen molar-refractivity contribution in [1.82, 2.24) is 0 Å². The second kappa shape index (κ2) is 6.65. The molecule has 0 spiro atoms. The quantitative estimate of drug-likeness (QED) is 0.425. The van der Waals surface area contributed by atoms with Crippen LogP contribution in [0.25, 0.3) is 0 Å². The van der Waals surface area contributed by atoms with Gasteiger partial charge in [0.15, 0.2) is 0 Å². The van der Waals surface area contributed by atoms with E-state index in [1.165, 1.54) is 0 Å². The molecular formula is C16H16N4O2. The summed E-state index contributed by atoms with van der Waals surface area (Å²) in [4.78, 5) is 7.84. The molecule has 0 aromatic carbocycles. The van der Waals surface area contributed by atoms with Crippen molar-refractivity contribution < 1.29 is 9.47 Å². The van der Waals surface area contributed by atoms with Crippen molar-refractivity contribution in [2.45, 2.75) is 37.9 Å². The zero-order valence-corrected chi connectivity index (χ0v) is 12.2. The minimum absolute atomic E-state index is 0.318. The maximum absolute atomic E-state index is 8.89. The van der Waals surface area contributed by atoms with Gasteiger partial charge in [-0.1, -0.05) is 0 Å². The number of rotatable bonds is 6. The van der Waals surface area contributed by atoms with Crippen LogP contribution in [0.4, 0.5) is 0 Å². The maximum Gasteiger partial charge on any atom is 0.206 e. The lowest BCUT2D eigenvalue weighted by atomic mass is 9.90. The Balaban J connectivity index is 1.78. The van der Waals surface area contributed by atoms with Crippen LogP contribution in [0.3, 0.4) is 0 Å². The summed E-state index contributed by atoms with van der Waals surface area (Å²) in [5.41, 5.74) is 3.23. The lowest BCUT2D eigenvalue weighted by Crippen LogP contribution is -2.15. The molecule has 22 heavy (non-hydrogen) atoms. The summed E-state index contributed by atoms with van der Waals surface area (Å²) in [6.45, 7) is 1.61. The van der Waals surface area contributed by atoms with Gasteiger partial charge < -0.3 is 9.47 Å². The van der Waals surface area contributed by atoms with E-state index in [9.17, 15) is 0 Å². The Morgan fingerprint density at radius 3 is 1.64 bits per heavy atom. The largest absolute Gasteiger partial charge is 0.373 e. The standard InChI is InChI=1S/C16H16N4O2/c17-9-19-15-6-12(2-4-14-8-22-14)16(20-10-18)5-11(15)1-3-13-7-21-13/h5-6,13-14H,1-4,7-8H2/b19-15-,20-16-. The Labute approximate surface area is 129 Å². The molecule has 0 aromatic heterocycles. The number of hydrogen-bond donors (Lipinski definition) is 0. The molecule has 3 aliphatic rings. The van der Waals surface area contributed by atoms with Crippen LogP contribution in [0, 0.1) is 22.9 Å². The van der Waals surface area contributed by atoms with E-state index in [0.29, 0.717) is 23.6 Å². The first-order valence-corrected chi connectivity index (χ1v) is 7.39. The average Bonchev–Trinajstić information content (AvgIpc) is 3.39. The number of aliphatic imine (C=N–C) groups is 2. The summed E-state index contributed by atoms with van der Waals surface area (Å²) >= 11 is 0. The lowest BCUT2D eigenvalue weighted by molar-refractivity contribution is 0.397. The van der Waals surface area contributed by atoms with Gasteiger partial charge in [0.2, 0.25) is 12.4 Å². The van der Waals surface area contributed by atoms with E-state index in [1.54, 1.807) is 0 Å². The number of hydrogen-bond acceptors (Lipinski definition) is 6. The molecular weight excluding hydrogens is 280 g/mol. The van der Waals surface area contributed by atoms with Crippen LogP contribution in [-0.2, 0) is 9.47 Å². The summed E-state index contributed by atoms with van der Waals surface area (Å²) in [5.74, 6) is 0. The Morgan fingerprint density at radius 2 is 1.32 bits per heavy atom. The van der Waals surface area contributed by atoms with Crippen LogP contribution < -0.4 is 0 Å². The molecule has 2 aliphatic heterocycles. The molecule has 0 saturated carbocycles. The molecule has 0 radical (unpaired) electrons. The molecule has 0 bridgehead atoms. The average molecular weight is 296 g/mol. The molecule has 0 N–H and O–H groups in total. The monoisotopic (exact) mass is 296 g/mol. The fourth-order valence-electron chi connectivity index (χ4n) is 2.48. The summed E-state index contributed by atoms with van der Waals surface area (Å²) in [6.07, 6.45) is 11.4. The van der Waals surface area contributed by atoms with Crippen molar-refractivity contribution in [2.75, 3.05) is 13.2 Å². The first-order chi connectivity index (χ1) is 10.8. The number of ether oxygens (including phenoxy) is 2. The van der Waals surface area contributed by atoms with Crippen molar-refractivity contribution in [3.05, 3.63) is 23.3 Å². The third-order valence-corrected chi connectivity index (χ3v) is 3.90. The predicted octanol–water partition coefficient (Wildman–Crippen LogP) is 2.05. The van der Waals surface area contributed by atoms with Gasteiger partial charge in [0, 0.05) is 0 Å². The Bertz CT molecular complexity index is 595. The summed E-state index contributed by atoms with van der Waals surface area (Å²) in [5, 5.41) is 17.8. The van der Waals surface area contributed by atoms with Crippen LogP contribution in [0.1, 0.15) is 25.7 Å². The Hall–Kier alpha value is -2.28. The first kappa shape index (κ1) is 14.6. The lowest BCUT2D eigenvalue weighted by Gasteiger charge is -2.16. The molecule has 0 amide bonds. The summed E-state index contributed by atoms with van der Waals surface area (Å²) < 4.78 is 10.4.